The van der Waals surface area contributed by atoms with E-state index in [1.165, 1.54) is 24.9 Å². The molecule has 0 saturated carbocycles. The summed E-state index contributed by atoms with van der Waals surface area (Å²) in [6.07, 6.45) is 4.83. The number of carbonyl (C=O) groups is 2. The lowest BCUT2D eigenvalue weighted by Gasteiger charge is -2.28. The summed E-state index contributed by atoms with van der Waals surface area (Å²) in [5.41, 5.74) is 3.06. The molecule has 5 heteroatoms. The summed E-state index contributed by atoms with van der Waals surface area (Å²) in [5.74, 6) is -0.330. The van der Waals surface area contributed by atoms with Gasteiger partial charge in [-0.15, -0.1) is 0 Å². The topological polar surface area (TPSA) is 61.4 Å². The van der Waals surface area contributed by atoms with Gasteiger partial charge in [-0.2, -0.15) is 0 Å². The molecule has 0 radical (unpaired) electrons. The van der Waals surface area contributed by atoms with Crippen LogP contribution < -0.4 is 15.5 Å². The molecule has 1 heterocycles. The average molecular weight is 365 g/mol. The summed E-state index contributed by atoms with van der Waals surface area (Å²) in [5, 5.41) is 5.51. The fraction of sp³-hybridized carbons (Fsp3) is 0.364. The molecule has 1 aliphatic rings. The third-order valence-electron chi connectivity index (χ3n) is 4.80. The third kappa shape index (κ3) is 6.13. The lowest BCUT2D eigenvalue weighted by Crippen LogP contribution is -2.33. The molecule has 1 fully saturated rings. The molecule has 2 aromatic carbocycles. The van der Waals surface area contributed by atoms with Gasteiger partial charge < -0.3 is 15.5 Å². The van der Waals surface area contributed by atoms with E-state index in [4.69, 9.17) is 0 Å². The van der Waals surface area contributed by atoms with Crippen LogP contribution in [-0.2, 0) is 16.0 Å². The van der Waals surface area contributed by atoms with Crippen molar-refractivity contribution in [2.45, 2.75) is 32.1 Å². The number of hydrogen-bond acceptors (Lipinski definition) is 3. The van der Waals surface area contributed by atoms with Gasteiger partial charge in [-0.1, -0.05) is 30.3 Å². The van der Waals surface area contributed by atoms with Gasteiger partial charge in [0.2, 0.25) is 11.8 Å². The van der Waals surface area contributed by atoms with Gasteiger partial charge in [0, 0.05) is 30.9 Å². The van der Waals surface area contributed by atoms with Crippen LogP contribution in [0.2, 0.25) is 0 Å². The summed E-state index contributed by atoms with van der Waals surface area (Å²) in [6, 6.07) is 17.8. The van der Waals surface area contributed by atoms with Crippen LogP contribution in [0.1, 0.15) is 31.2 Å². The van der Waals surface area contributed by atoms with Crippen LogP contribution in [0.3, 0.4) is 0 Å². The second-order valence-corrected chi connectivity index (χ2v) is 6.91. The van der Waals surface area contributed by atoms with E-state index in [2.05, 4.69) is 15.5 Å². The quantitative estimate of drug-likeness (QED) is 0.791. The lowest BCUT2D eigenvalue weighted by molar-refractivity contribution is -0.124. The zero-order chi connectivity index (χ0) is 18.9. The molecule has 3 rings (SSSR count). The number of carbonyl (C=O) groups excluding carboxylic acids is 2. The molecule has 0 bridgehead atoms. The molecule has 5 nitrogen and oxygen atoms in total. The third-order valence-corrected chi connectivity index (χ3v) is 4.80. The van der Waals surface area contributed by atoms with Gasteiger partial charge >= 0.3 is 0 Å². The first-order valence-corrected chi connectivity index (χ1v) is 9.66. The second kappa shape index (κ2) is 9.76. The number of hydrogen-bond donors (Lipinski definition) is 2. The first kappa shape index (κ1) is 19.0. The van der Waals surface area contributed by atoms with E-state index in [0.29, 0.717) is 12.8 Å². The maximum atomic E-state index is 12.0. The van der Waals surface area contributed by atoms with Gasteiger partial charge in [0.05, 0.1) is 6.54 Å². The molecule has 142 valence electrons. The van der Waals surface area contributed by atoms with Crippen LogP contribution in [0.4, 0.5) is 11.4 Å². The van der Waals surface area contributed by atoms with Gasteiger partial charge in [0.25, 0.3) is 0 Å². The van der Waals surface area contributed by atoms with Crippen molar-refractivity contribution in [3.63, 3.8) is 0 Å². The minimum absolute atomic E-state index is 0.0124. The fourth-order valence-electron chi connectivity index (χ4n) is 3.28. The number of benzene rings is 2. The van der Waals surface area contributed by atoms with Crippen molar-refractivity contribution in [3.8, 4) is 0 Å². The highest BCUT2D eigenvalue weighted by atomic mass is 16.2. The molecular formula is C22H27N3O2. The summed E-state index contributed by atoms with van der Waals surface area (Å²) in [7, 11) is 0. The van der Waals surface area contributed by atoms with Crippen molar-refractivity contribution in [2.24, 2.45) is 0 Å². The molecule has 2 amide bonds. The Morgan fingerprint density at radius 2 is 1.56 bits per heavy atom. The van der Waals surface area contributed by atoms with E-state index >= 15 is 0 Å². The maximum Gasteiger partial charge on any atom is 0.243 e. The molecular weight excluding hydrogens is 338 g/mol. The van der Waals surface area contributed by atoms with E-state index in [-0.39, 0.29) is 18.4 Å². The second-order valence-electron chi connectivity index (χ2n) is 6.91. The zero-order valence-electron chi connectivity index (χ0n) is 15.6. The van der Waals surface area contributed by atoms with Crippen molar-refractivity contribution in [1.82, 2.24) is 5.32 Å². The van der Waals surface area contributed by atoms with Crippen LogP contribution >= 0.6 is 0 Å². The number of rotatable bonds is 7. The Kier molecular flexibility index (Phi) is 6.85. The Bertz CT molecular complexity index is 738. The van der Waals surface area contributed by atoms with Gasteiger partial charge in [-0.25, -0.2) is 0 Å². The van der Waals surface area contributed by atoms with Crippen LogP contribution in [0.25, 0.3) is 0 Å². The Morgan fingerprint density at radius 1 is 0.852 bits per heavy atom. The molecule has 1 saturated heterocycles. The highest BCUT2D eigenvalue weighted by molar-refractivity contribution is 5.94. The molecule has 0 spiro atoms. The van der Waals surface area contributed by atoms with Crippen LogP contribution in [0, 0.1) is 0 Å². The summed E-state index contributed by atoms with van der Waals surface area (Å²) >= 11 is 0. The smallest absolute Gasteiger partial charge is 0.243 e. The normalized spacial score (nSPS) is 13.9. The number of nitrogens with zero attached hydrogens (tertiary/aromatic N) is 1. The van der Waals surface area contributed by atoms with E-state index in [1.807, 2.05) is 54.6 Å². The van der Waals surface area contributed by atoms with Gasteiger partial charge in [0.1, 0.15) is 0 Å². The number of amides is 2. The van der Waals surface area contributed by atoms with Crippen LogP contribution in [0.5, 0.6) is 0 Å². The van der Waals surface area contributed by atoms with Crippen molar-refractivity contribution < 1.29 is 9.59 Å². The summed E-state index contributed by atoms with van der Waals surface area (Å²) < 4.78 is 0. The van der Waals surface area contributed by atoms with E-state index in [1.54, 1.807) is 0 Å². The first-order chi connectivity index (χ1) is 13.2. The van der Waals surface area contributed by atoms with Gasteiger partial charge in [-0.3, -0.25) is 9.59 Å². The summed E-state index contributed by atoms with van der Waals surface area (Å²) in [6.45, 7) is 2.18. The average Bonchev–Trinajstić information content (AvgIpc) is 2.73. The Labute approximate surface area is 160 Å². The lowest BCUT2D eigenvalue weighted by atomic mass is 10.1. The molecule has 0 unspecified atom stereocenters. The number of aryl methyl sites for hydroxylation is 1. The molecule has 0 aromatic heterocycles. The van der Waals surface area contributed by atoms with Crippen molar-refractivity contribution in [1.29, 1.82) is 0 Å². The Balaban J connectivity index is 1.39. The number of piperidine rings is 1. The molecule has 0 aliphatic carbocycles. The molecule has 27 heavy (non-hydrogen) atoms. The predicted molar refractivity (Wildman–Crippen MR) is 109 cm³/mol. The van der Waals surface area contributed by atoms with Crippen LogP contribution in [-0.4, -0.2) is 31.4 Å². The zero-order valence-corrected chi connectivity index (χ0v) is 15.6. The monoisotopic (exact) mass is 365 g/mol. The maximum absolute atomic E-state index is 12.0. The van der Waals surface area contributed by atoms with Crippen molar-refractivity contribution in [3.05, 3.63) is 60.2 Å². The Morgan fingerprint density at radius 3 is 2.26 bits per heavy atom. The predicted octanol–water partition coefficient (Wildman–Crippen LogP) is 3.36. The van der Waals surface area contributed by atoms with Crippen molar-refractivity contribution in [2.75, 3.05) is 29.9 Å². The minimum atomic E-state index is -0.214. The molecule has 1 aliphatic heterocycles. The van der Waals surface area contributed by atoms with Crippen LogP contribution in [0.15, 0.2) is 54.6 Å². The highest BCUT2D eigenvalue weighted by Crippen LogP contribution is 2.21. The molecule has 0 atom stereocenters. The minimum Gasteiger partial charge on any atom is -0.372 e. The van der Waals surface area contributed by atoms with Gasteiger partial charge in [0.15, 0.2) is 0 Å². The number of anilines is 2. The fourth-order valence-corrected chi connectivity index (χ4v) is 3.28. The van der Waals surface area contributed by atoms with E-state index in [9.17, 15) is 9.59 Å². The van der Waals surface area contributed by atoms with Gasteiger partial charge in [-0.05, 0) is 55.5 Å². The summed E-state index contributed by atoms with van der Waals surface area (Å²) in [4.78, 5) is 26.3. The number of nitrogens with one attached hydrogen (secondary N) is 2. The standard InChI is InChI=1S/C22H27N3O2/c26-21(14-9-18-7-3-1-4-8-18)23-17-22(27)24-19-10-12-20(13-11-19)25-15-5-2-6-16-25/h1,3-4,7-8,10-13H,2,5-6,9,14-17H2,(H,23,26)(H,24,27). The van der Waals surface area contributed by atoms with E-state index < -0.39 is 0 Å². The first-order valence-electron chi connectivity index (χ1n) is 9.66. The van der Waals surface area contributed by atoms with Crippen molar-refractivity contribution >= 4 is 23.2 Å². The highest BCUT2D eigenvalue weighted by Gasteiger charge is 2.11. The largest absolute Gasteiger partial charge is 0.372 e. The SMILES string of the molecule is O=C(CCc1ccccc1)NCC(=O)Nc1ccc(N2CCCCC2)cc1. The molecule has 2 aromatic rings. The molecule has 2 N–H and O–H groups in total. The Hall–Kier alpha value is -2.82. The van der Waals surface area contributed by atoms with E-state index in [0.717, 1.165) is 24.3 Å².